The average molecular weight is 296 g/mol. The second-order valence-electron chi connectivity index (χ2n) is 4.40. The average Bonchev–Trinajstić information content (AvgIpc) is 2.50. The van der Waals surface area contributed by atoms with Gasteiger partial charge in [-0.15, -0.1) is 0 Å². The van der Waals surface area contributed by atoms with Crippen molar-refractivity contribution >= 4 is 28.2 Å². The molecule has 0 aliphatic carbocycles. The number of rotatable bonds is 2. The fourth-order valence-corrected chi connectivity index (χ4v) is 2.25. The molecule has 0 radical (unpaired) electrons. The minimum atomic E-state index is 0.282. The van der Waals surface area contributed by atoms with E-state index in [1.165, 1.54) is 0 Å². The Kier molecular flexibility index (Phi) is 3.35. The third-order valence-corrected chi connectivity index (χ3v) is 3.31. The molecule has 21 heavy (non-hydrogen) atoms. The van der Waals surface area contributed by atoms with Crippen molar-refractivity contribution < 1.29 is 4.74 Å². The fourth-order valence-electron chi connectivity index (χ4n) is 2.03. The van der Waals surface area contributed by atoms with Crippen molar-refractivity contribution in [3.05, 3.63) is 59.1 Å². The highest BCUT2D eigenvalue weighted by molar-refractivity contribution is 6.32. The van der Waals surface area contributed by atoms with Gasteiger partial charge in [0.25, 0.3) is 0 Å². The second kappa shape index (κ2) is 5.31. The molecule has 0 spiro atoms. The lowest BCUT2D eigenvalue weighted by Gasteiger charge is -2.10. The molecule has 0 aliphatic heterocycles. The Morgan fingerprint density at radius 1 is 1.14 bits per heavy atom. The zero-order valence-electron chi connectivity index (χ0n) is 10.9. The van der Waals surface area contributed by atoms with Crippen molar-refractivity contribution in [1.29, 1.82) is 5.26 Å². The highest BCUT2D eigenvalue weighted by atomic mass is 35.5. The summed E-state index contributed by atoms with van der Waals surface area (Å²) in [5.41, 5.74) is 7.43. The first-order chi connectivity index (χ1) is 10.2. The number of para-hydroxylation sites is 2. The van der Waals surface area contributed by atoms with E-state index in [4.69, 9.17) is 22.1 Å². The summed E-state index contributed by atoms with van der Waals surface area (Å²) in [6.07, 6.45) is 0. The van der Waals surface area contributed by atoms with Crippen molar-refractivity contribution in [3.63, 3.8) is 0 Å². The van der Waals surface area contributed by atoms with Crippen molar-refractivity contribution in [3.8, 4) is 17.7 Å². The van der Waals surface area contributed by atoms with Crippen LogP contribution in [0.2, 0.25) is 5.02 Å². The van der Waals surface area contributed by atoms with Crippen molar-refractivity contribution in [2.24, 2.45) is 0 Å². The van der Waals surface area contributed by atoms with E-state index in [1.807, 2.05) is 24.3 Å². The van der Waals surface area contributed by atoms with E-state index in [0.717, 1.165) is 5.39 Å². The summed E-state index contributed by atoms with van der Waals surface area (Å²) < 4.78 is 5.67. The molecular formula is C16H10ClN3O. The lowest BCUT2D eigenvalue weighted by Crippen LogP contribution is -1.95. The quantitative estimate of drug-likeness (QED) is 0.721. The van der Waals surface area contributed by atoms with Gasteiger partial charge in [0.05, 0.1) is 21.8 Å². The molecule has 2 N–H and O–H groups in total. The summed E-state index contributed by atoms with van der Waals surface area (Å²) in [4.78, 5) is 4.37. The molecule has 0 unspecified atom stereocenters. The van der Waals surface area contributed by atoms with Crippen LogP contribution < -0.4 is 10.5 Å². The predicted octanol–water partition coefficient (Wildman–Crippen LogP) is 4.13. The molecule has 0 bridgehead atoms. The monoisotopic (exact) mass is 295 g/mol. The summed E-state index contributed by atoms with van der Waals surface area (Å²) in [6, 6.07) is 16.2. The fraction of sp³-hybridized carbons (Fsp3) is 0. The molecule has 1 heterocycles. The third-order valence-electron chi connectivity index (χ3n) is 3.02. The van der Waals surface area contributed by atoms with Crippen LogP contribution in [0.3, 0.4) is 0 Å². The number of halogens is 1. The molecule has 0 atom stereocenters. The molecule has 0 saturated heterocycles. The van der Waals surface area contributed by atoms with Gasteiger partial charge in [0.1, 0.15) is 6.07 Å². The van der Waals surface area contributed by atoms with Crippen LogP contribution in [0.4, 0.5) is 5.69 Å². The van der Waals surface area contributed by atoms with Gasteiger partial charge >= 0.3 is 0 Å². The molecule has 0 fully saturated rings. The minimum Gasteiger partial charge on any atom is -0.435 e. The molecule has 3 rings (SSSR count). The maximum atomic E-state index is 9.25. The molecule has 102 valence electrons. The van der Waals surface area contributed by atoms with Gasteiger partial charge in [-0.2, -0.15) is 5.26 Å². The number of hydrogen-bond donors (Lipinski definition) is 1. The maximum absolute atomic E-state index is 9.25. The van der Waals surface area contributed by atoms with Crippen LogP contribution in [-0.4, -0.2) is 4.98 Å². The lowest BCUT2D eigenvalue weighted by atomic mass is 10.1. The molecule has 0 amide bonds. The molecule has 5 heteroatoms. The molecule has 0 saturated carbocycles. The number of ether oxygens (including phenoxy) is 1. The molecule has 1 aromatic heterocycles. The first-order valence-electron chi connectivity index (χ1n) is 6.21. The normalized spacial score (nSPS) is 10.3. The first-order valence-corrected chi connectivity index (χ1v) is 6.58. The molecular weight excluding hydrogens is 286 g/mol. The maximum Gasteiger partial charge on any atom is 0.221 e. The Hall–Kier alpha value is -2.77. The summed E-state index contributed by atoms with van der Waals surface area (Å²) in [5, 5.41) is 10.4. The van der Waals surface area contributed by atoms with Gasteiger partial charge in [-0.25, -0.2) is 4.98 Å². The molecule has 3 aromatic rings. The van der Waals surface area contributed by atoms with Crippen molar-refractivity contribution in [2.75, 3.05) is 5.73 Å². The van der Waals surface area contributed by atoms with E-state index in [9.17, 15) is 5.26 Å². The van der Waals surface area contributed by atoms with Gasteiger partial charge in [-0.05, 0) is 18.2 Å². The number of benzene rings is 2. The number of nitrogens with zero attached hydrogens (tertiary/aromatic N) is 2. The molecule has 0 aliphatic rings. The van der Waals surface area contributed by atoms with Gasteiger partial charge < -0.3 is 10.5 Å². The molecule has 4 nitrogen and oxygen atoms in total. The highest BCUT2D eigenvalue weighted by Crippen LogP contribution is 2.35. The third kappa shape index (κ3) is 2.47. The second-order valence-corrected chi connectivity index (χ2v) is 4.80. The standard InChI is InChI=1S/C16H10ClN3O/c17-12-5-3-6-13(19)16(12)21-15-8-10(9-18)11-4-1-2-7-14(11)20-15/h1-8H,19H2. The van der Waals surface area contributed by atoms with Gasteiger partial charge in [0.2, 0.25) is 5.88 Å². The summed E-state index contributed by atoms with van der Waals surface area (Å²) in [7, 11) is 0. The Labute approximate surface area is 126 Å². The van der Waals surface area contributed by atoms with Gasteiger partial charge in [-0.1, -0.05) is 35.9 Å². The number of nitrogen functional groups attached to an aromatic ring is 1. The van der Waals surface area contributed by atoms with Gasteiger partial charge in [-0.3, -0.25) is 0 Å². The van der Waals surface area contributed by atoms with Gasteiger partial charge in [0, 0.05) is 11.5 Å². The van der Waals surface area contributed by atoms with E-state index in [0.29, 0.717) is 27.5 Å². The summed E-state index contributed by atoms with van der Waals surface area (Å²) in [5.74, 6) is 0.621. The van der Waals surface area contributed by atoms with Crippen LogP contribution in [0.5, 0.6) is 11.6 Å². The largest absolute Gasteiger partial charge is 0.435 e. The van der Waals surface area contributed by atoms with E-state index >= 15 is 0 Å². The number of pyridine rings is 1. The molecule has 2 aromatic carbocycles. The number of anilines is 1. The Balaban J connectivity index is 2.12. The number of hydrogen-bond acceptors (Lipinski definition) is 4. The van der Waals surface area contributed by atoms with Crippen LogP contribution in [-0.2, 0) is 0 Å². The van der Waals surface area contributed by atoms with E-state index in [-0.39, 0.29) is 5.88 Å². The van der Waals surface area contributed by atoms with Crippen LogP contribution in [0.25, 0.3) is 10.9 Å². The highest BCUT2D eigenvalue weighted by Gasteiger charge is 2.11. The minimum absolute atomic E-state index is 0.282. The van der Waals surface area contributed by atoms with Crippen LogP contribution in [0, 0.1) is 11.3 Å². The van der Waals surface area contributed by atoms with Crippen molar-refractivity contribution in [2.45, 2.75) is 0 Å². The zero-order chi connectivity index (χ0) is 14.8. The Bertz CT molecular complexity index is 851. The number of fused-ring (bicyclic) bond motifs is 1. The van der Waals surface area contributed by atoms with E-state index in [1.54, 1.807) is 24.3 Å². The Morgan fingerprint density at radius 3 is 2.71 bits per heavy atom. The first kappa shape index (κ1) is 13.2. The summed E-state index contributed by atoms with van der Waals surface area (Å²) >= 11 is 6.07. The van der Waals surface area contributed by atoms with Crippen LogP contribution in [0.1, 0.15) is 5.56 Å². The van der Waals surface area contributed by atoms with Gasteiger partial charge in [0.15, 0.2) is 5.75 Å². The van der Waals surface area contributed by atoms with Crippen LogP contribution in [0.15, 0.2) is 48.5 Å². The SMILES string of the molecule is N#Cc1cc(Oc2c(N)cccc2Cl)nc2ccccc12. The van der Waals surface area contributed by atoms with E-state index in [2.05, 4.69) is 11.1 Å². The van der Waals surface area contributed by atoms with Crippen molar-refractivity contribution in [1.82, 2.24) is 4.98 Å². The predicted molar refractivity (Wildman–Crippen MR) is 82.4 cm³/mol. The summed E-state index contributed by atoms with van der Waals surface area (Å²) in [6.45, 7) is 0. The zero-order valence-corrected chi connectivity index (χ0v) is 11.6. The smallest absolute Gasteiger partial charge is 0.221 e. The number of nitrogens with two attached hydrogens (primary N) is 1. The number of aromatic nitrogens is 1. The van der Waals surface area contributed by atoms with Crippen LogP contribution >= 0.6 is 11.6 Å². The number of nitriles is 1. The lowest BCUT2D eigenvalue weighted by molar-refractivity contribution is 0.467. The topological polar surface area (TPSA) is 71.9 Å². The Morgan fingerprint density at radius 2 is 1.95 bits per heavy atom. The van der Waals surface area contributed by atoms with E-state index < -0.39 is 0 Å².